The summed E-state index contributed by atoms with van der Waals surface area (Å²) in [5, 5.41) is 2.97. The van der Waals surface area contributed by atoms with Gasteiger partial charge in [0.1, 0.15) is 0 Å². The summed E-state index contributed by atoms with van der Waals surface area (Å²) in [4.78, 5) is 15.4. The summed E-state index contributed by atoms with van der Waals surface area (Å²) < 4.78 is 28.5. The lowest BCUT2D eigenvalue weighted by Gasteiger charge is -2.16. The predicted octanol–water partition coefficient (Wildman–Crippen LogP) is 3.91. The van der Waals surface area contributed by atoms with Crippen LogP contribution in [0.15, 0.2) is 52.3 Å². The molecule has 0 radical (unpaired) electrons. The molecular formula is C21H25N3O3S2. The van der Waals surface area contributed by atoms with E-state index in [0.717, 1.165) is 30.1 Å². The normalized spacial score (nSPS) is 20.0. The van der Waals surface area contributed by atoms with Crippen molar-refractivity contribution >= 4 is 39.1 Å². The number of hydrogen-bond acceptors (Lipinski definition) is 5. The Labute approximate surface area is 176 Å². The van der Waals surface area contributed by atoms with Gasteiger partial charge in [0, 0.05) is 28.8 Å². The minimum absolute atomic E-state index is 0.0964. The first kappa shape index (κ1) is 20.3. The van der Waals surface area contributed by atoms with Gasteiger partial charge in [0.25, 0.3) is 10.0 Å². The molecule has 8 heteroatoms. The van der Waals surface area contributed by atoms with Crippen molar-refractivity contribution in [2.45, 2.75) is 47.8 Å². The fourth-order valence-electron chi connectivity index (χ4n) is 3.74. The van der Waals surface area contributed by atoms with Gasteiger partial charge in [0.15, 0.2) is 0 Å². The fourth-order valence-corrected chi connectivity index (χ4v) is 5.87. The Morgan fingerprint density at radius 1 is 1.17 bits per heavy atom. The van der Waals surface area contributed by atoms with E-state index in [0.29, 0.717) is 17.8 Å². The molecule has 2 N–H and O–H groups in total. The van der Waals surface area contributed by atoms with Gasteiger partial charge in [-0.2, -0.15) is 0 Å². The van der Waals surface area contributed by atoms with Crippen LogP contribution >= 0.6 is 11.8 Å². The number of nitrogens with zero attached hydrogens (tertiary/aromatic N) is 1. The molecule has 0 spiro atoms. The Kier molecular flexibility index (Phi) is 5.85. The largest absolute Gasteiger partial charge is 0.325 e. The van der Waals surface area contributed by atoms with E-state index in [2.05, 4.69) is 14.9 Å². The molecule has 2 aromatic rings. The van der Waals surface area contributed by atoms with Crippen molar-refractivity contribution in [1.29, 1.82) is 0 Å². The molecule has 2 aliphatic rings. The fraction of sp³-hybridized carbons (Fsp3) is 0.381. The average Bonchev–Trinajstić information content (AvgIpc) is 3.10. The number of carbonyl (C=O) groups excluding carboxylic acids is 1. The van der Waals surface area contributed by atoms with Gasteiger partial charge in [0.05, 0.1) is 10.6 Å². The number of sulfonamides is 1. The van der Waals surface area contributed by atoms with Crippen molar-refractivity contribution in [3.63, 3.8) is 0 Å². The van der Waals surface area contributed by atoms with Gasteiger partial charge in [-0.3, -0.25) is 14.4 Å². The third kappa shape index (κ3) is 4.94. The lowest BCUT2D eigenvalue weighted by Crippen LogP contribution is -2.18. The van der Waals surface area contributed by atoms with Gasteiger partial charge in [-0.05, 0) is 61.8 Å². The molecule has 0 aromatic heterocycles. The highest BCUT2D eigenvalue weighted by atomic mass is 32.2. The zero-order valence-electron chi connectivity index (χ0n) is 16.3. The van der Waals surface area contributed by atoms with Crippen LogP contribution in [-0.2, 0) is 21.4 Å². The van der Waals surface area contributed by atoms with Crippen molar-refractivity contribution in [3.8, 4) is 0 Å². The first-order valence-electron chi connectivity index (χ1n) is 9.84. The maximum absolute atomic E-state index is 12.9. The highest BCUT2D eigenvalue weighted by molar-refractivity contribution is 8.00. The van der Waals surface area contributed by atoms with E-state index in [1.54, 1.807) is 30.0 Å². The molecule has 2 heterocycles. The average molecular weight is 432 g/mol. The summed E-state index contributed by atoms with van der Waals surface area (Å²) >= 11 is 1.57. The molecule has 1 saturated heterocycles. The maximum Gasteiger partial charge on any atom is 0.261 e. The first-order valence-corrected chi connectivity index (χ1v) is 12.2. The quantitative estimate of drug-likeness (QED) is 0.751. The van der Waals surface area contributed by atoms with Crippen LogP contribution in [0.4, 0.5) is 11.4 Å². The zero-order valence-corrected chi connectivity index (χ0v) is 18.0. The number of fused-ring (bicyclic) bond motifs is 1. The molecular weight excluding hydrogens is 406 g/mol. The summed E-state index contributed by atoms with van der Waals surface area (Å²) in [7, 11) is -3.76. The topological polar surface area (TPSA) is 78.5 Å². The summed E-state index contributed by atoms with van der Waals surface area (Å²) in [6.45, 7) is 5.00. The lowest BCUT2D eigenvalue weighted by molar-refractivity contribution is -0.116. The number of anilines is 2. The van der Waals surface area contributed by atoms with Gasteiger partial charge in [-0.15, -0.1) is 11.8 Å². The number of rotatable bonds is 5. The molecule has 0 saturated carbocycles. The van der Waals surface area contributed by atoms with Crippen LogP contribution in [0, 0.1) is 0 Å². The van der Waals surface area contributed by atoms with Gasteiger partial charge in [-0.1, -0.05) is 19.1 Å². The molecule has 154 valence electrons. The van der Waals surface area contributed by atoms with Gasteiger partial charge in [-0.25, -0.2) is 8.42 Å². The molecule has 4 rings (SSSR count). The Hall–Kier alpha value is -2.03. The molecule has 1 amide bonds. The van der Waals surface area contributed by atoms with Crippen LogP contribution in [0.5, 0.6) is 0 Å². The van der Waals surface area contributed by atoms with Crippen LogP contribution < -0.4 is 10.0 Å². The van der Waals surface area contributed by atoms with E-state index in [1.165, 1.54) is 18.9 Å². The summed E-state index contributed by atoms with van der Waals surface area (Å²) in [6.07, 6.45) is 2.85. The van der Waals surface area contributed by atoms with Crippen LogP contribution in [0.3, 0.4) is 0 Å². The maximum atomic E-state index is 12.9. The molecule has 0 aliphatic carbocycles. The standard InChI is InChI=1S/C21H25N3O3S2/c1-15-11-21(25)22-19-13-18(7-8-20(19)28-15)29(26,27)23-17-6-4-5-16(12-17)14-24-9-2-3-10-24/h4-8,12-13,15,23H,2-3,9-11,14H2,1H3,(H,22,25)/t15-/m1/s1. The van der Waals surface area contributed by atoms with Crippen LogP contribution in [0.2, 0.25) is 0 Å². The molecule has 0 bridgehead atoms. The second-order valence-corrected chi connectivity index (χ2v) is 10.8. The summed E-state index contributed by atoms with van der Waals surface area (Å²) in [6, 6.07) is 12.4. The van der Waals surface area contributed by atoms with Crippen LogP contribution in [-0.4, -0.2) is 37.6 Å². The van der Waals surface area contributed by atoms with Gasteiger partial charge in [0.2, 0.25) is 5.91 Å². The second kappa shape index (κ2) is 8.38. The van der Waals surface area contributed by atoms with Crippen LogP contribution in [0.25, 0.3) is 0 Å². The van der Waals surface area contributed by atoms with Crippen molar-refractivity contribution in [1.82, 2.24) is 4.90 Å². The molecule has 6 nitrogen and oxygen atoms in total. The molecule has 0 unspecified atom stereocenters. The van der Waals surface area contributed by atoms with Crippen molar-refractivity contribution in [3.05, 3.63) is 48.0 Å². The lowest BCUT2D eigenvalue weighted by atomic mass is 10.2. The van der Waals surface area contributed by atoms with Crippen LogP contribution in [0.1, 0.15) is 31.7 Å². The molecule has 1 fully saturated rings. The van der Waals surface area contributed by atoms with Crippen molar-refractivity contribution in [2.24, 2.45) is 0 Å². The molecule has 2 aromatic carbocycles. The summed E-state index contributed by atoms with van der Waals surface area (Å²) in [5.74, 6) is -0.0964. The number of benzene rings is 2. The number of hydrogen-bond donors (Lipinski definition) is 2. The minimum Gasteiger partial charge on any atom is -0.325 e. The van der Waals surface area contributed by atoms with E-state index in [1.807, 2.05) is 25.1 Å². The van der Waals surface area contributed by atoms with E-state index in [9.17, 15) is 13.2 Å². The monoisotopic (exact) mass is 431 g/mol. The van der Waals surface area contributed by atoms with E-state index < -0.39 is 10.0 Å². The van der Waals surface area contributed by atoms with Crippen molar-refractivity contribution < 1.29 is 13.2 Å². The minimum atomic E-state index is -3.76. The zero-order chi connectivity index (χ0) is 20.4. The Morgan fingerprint density at radius 3 is 2.76 bits per heavy atom. The van der Waals surface area contributed by atoms with Gasteiger partial charge < -0.3 is 5.32 Å². The molecule has 2 aliphatic heterocycles. The predicted molar refractivity (Wildman–Crippen MR) is 117 cm³/mol. The highest BCUT2D eigenvalue weighted by Gasteiger charge is 2.22. The first-order chi connectivity index (χ1) is 13.9. The Balaban J connectivity index is 1.54. The number of nitrogens with one attached hydrogen (secondary N) is 2. The van der Waals surface area contributed by atoms with Gasteiger partial charge >= 0.3 is 0 Å². The van der Waals surface area contributed by atoms with E-state index in [4.69, 9.17) is 0 Å². The Bertz CT molecular complexity index is 1020. The summed E-state index contributed by atoms with van der Waals surface area (Å²) in [5.41, 5.74) is 2.19. The number of carbonyl (C=O) groups is 1. The smallest absolute Gasteiger partial charge is 0.261 e. The molecule has 1 atom stereocenters. The highest BCUT2D eigenvalue weighted by Crippen LogP contribution is 2.36. The van der Waals surface area contributed by atoms with E-state index >= 15 is 0 Å². The third-order valence-corrected chi connectivity index (χ3v) is 7.68. The van der Waals surface area contributed by atoms with Crippen molar-refractivity contribution in [2.75, 3.05) is 23.1 Å². The third-order valence-electron chi connectivity index (χ3n) is 5.12. The number of amides is 1. The second-order valence-electron chi connectivity index (χ2n) is 7.63. The SMILES string of the molecule is C[C@@H]1CC(=O)Nc2cc(S(=O)(=O)Nc3cccc(CN4CCCC4)c3)ccc2S1. The number of thioether (sulfide) groups is 1. The Morgan fingerprint density at radius 2 is 1.97 bits per heavy atom. The number of likely N-dealkylation sites (tertiary alicyclic amines) is 1. The molecule has 29 heavy (non-hydrogen) atoms. The van der Waals surface area contributed by atoms with E-state index in [-0.39, 0.29) is 16.1 Å².